The van der Waals surface area contributed by atoms with Gasteiger partial charge < -0.3 is 19.1 Å². The second-order valence-corrected chi connectivity index (χ2v) is 18.4. The Kier molecular flexibility index (Phi) is 10.9. The van der Waals surface area contributed by atoms with Gasteiger partial charge in [-0.2, -0.15) is 0 Å². The largest absolute Gasteiger partial charge is 0.496 e. The number of amides is 2. The van der Waals surface area contributed by atoms with Gasteiger partial charge in [0.15, 0.2) is 0 Å². The predicted octanol–water partition coefficient (Wildman–Crippen LogP) is 9.25. The summed E-state index contributed by atoms with van der Waals surface area (Å²) in [7, 11) is 1.74. The molecule has 5 fully saturated rings. The maximum atomic E-state index is 14.8. The number of rotatable bonds is 11. The Hall–Kier alpha value is -3.50. The Balaban J connectivity index is 1.06. The van der Waals surface area contributed by atoms with Crippen molar-refractivity contribution < 1.29 is 23.8 Å². The molecule has 1 aliphatic heterocycles. The molecule has 3 heterocycles. The fraction of sp³-hybridized carbons (Fsp3) is 0.628. The number of anilines is 1. The summed E-state index contributed by atoms with van der Waals surface area (Å²) in [5.74, 6) is 1.69. The van der Waals surface area contributed by atoms with E-state index < -0.39 is 0 Å². The van der Waals surface area contributed by atoms with E-state index in [1.165, 1.54) is 11.1 Å². The zero-order chi connectivity index (χ0) is 37.4. The molecule has 2 amide bonds. The van der Waals surface area contributed by atoms with Crippen molar-refractivity contribution in [1.82, 2.24) is 14.9 Å². The Morgan fingerprint density at radius 3 is 2.30 bits per heavy atom. The number of benzene rings is 1. The van der Waals surface area contributed by atoms with Crippen molar-refractivity contribution in [2.45, 2.75) is 128 Å². The smallest absolute Gasteiger partial charge is 0.410 e. The summed E-state index contributed by atoms with van der Waals surface area (Å²) in [5.41, 5.74) is 3.89. The Bertz CT molecular complexity index is 1750. The van der Waals surface area contributed by atoms with Crippen molar-refractivity contribution >= 4 is 29.2 Å². The molecule has 10 heteroatoms. The number of aryl methyl sites for hydroxylation is 1. The number of methoxy groups -OCH3 is 1. The number of ether oxygens (including phenoxy) is 3. The van der Waals surface area contributed by atoms with E-state index in [1.807, 2.05) is 23.4 Å². The third kappa shape index (κ3) is 8.00. The number of likely N-dealkylation sites (tertiary alicyclic amines) is 1. The van der Waals surface area contributed by atoms with Crippen molar-refractivity contribution in [2.75, 3.05) is 38.3 Å². The minimum atomic E-state index is -0.258. The minimum absolute atomic E-state index is 0.0322. The number of thiazole rings is 1. The van der Waals surface area contributed by atoms with Crippen molar-refractivity contribution in [2.24, 2.45) is 11.3 Å². The van der Waals surface area contributed by atoms with Crippen molar-refractivity contribution in [3.05, 3.63) is 58.9 Å². The maximum absolute atomic E-state index is 14.8. The van der Waals surface area contributed by atoms with Gasteiger partial charge in [0.25, 0.3) is 0 Å². The number of hydrogen-bond acceptors (Lipinski definition) is 8. The van der Waals surface area contributed by atoms with Gasteiger partial charge in [-0.15, -0.1) is 11.3 Å². The van der Waals surface area contributed by atoms with Crippen LogP contribution in [-0.2, 0) is 25.1 Å². The van der Waals surface area contributed by atoms with Gasteiger partial charge in [-0.3, -0.25) is 9.69 Å². The second kappa shape index (κ2) is 15.3. The fourth-order valence-corrected chi connectivity index (χ4v) is 10.0. The van der Waals surface area contributed by atoms with E-state index in [9.17, 15) is 9.59 Å². The van der Waals surface area contributed by atoms with Gasteiger partial charge in [0.1, 0.15) is 17.7 Å². The Labute approximate surface area is 319 Å². The molecule has 0 radical (unpaired) electrons. The molecule has 4 aliphatic carbocycles. The lowest BCUT2D eigenvalue weighted by molar-refractivity contribution is -0.125. The van der Waals surface area contributed by atoms with E-state index in [1.54, 1.807) is 23.3 Å². The normalized spacial score (nSPS) is 25.9. The molecule has 2 bridgehead atoms. The van der Waals surface area contributed by atoms with Gasteiger partial charge in [0.05, 0.1) is 36.2 Å². The van der Waals surface area contributed by atoms with Crippen molar-refractivity contribution in [3.8, 4) is 16.2 Å². The lowest BCUT2D eigenvalue weighted by Gasteiger charge is -2.55. The highest BCUT2D eigenvalue weighted by Crippen LogP contribution is 2.58. The van der Waals surface area contributed by atoms with E-state index in [-0.39, 0.29) is 46.4 Å². The van der Waals surface area contributed by atoms with Crippen LogP contribution in [0, 0.1) is 18.3 Å². The van der Waals surface area contributed by atoms with Crippen LogP contribution in [0.1, 0.15) is 114 Å². The van der Waals surface area contributed by atoms with Gasteiger partial charge in [0.2, 0.25) is 5.91 Å². The van der Waals surface area contributed by atoms with E-state index in [2.05, 4.69) is 58.9 Å². The van der Waals surface area contributed by atoms with Crippen LogP contribution in [0.5, 0.6) is 5.75 Å². The third-order valence-electron chi connectivity index (χ3n) is 12.6. The van der Waals surface area contributed by atoms with Crippen LogP contribution in [0.3, 0.4) is 0 Å². The molecule has 0 N–H and O–H groups in total. The molecule has 53 heavy (non-hydrogen) atoms. The van der Waals surface area contributed by atoms with E-state index in [0.29, 0.717) is 45.3 Å². The molecular formula is C43H58N4O5S. The summed E-state index contributed by atoms with van der Waals surface area (Å²) in [6.07, 6.45) is 13.9. The first kappa shape index (κ1) is 37.8. The van der Waals surface area contributed by atoms with Crippen LogP contribution in [0.4, 0.5) is 10.6 Å². The summed E-state index contributed by atoms with van der Waals surface area (Å²) in [6.45, 7) is 13.4. The van der Waals surface area contributed by atoms with Gasteiger partial charge in [-0.25, -0.2) is 14.8 Å². The molecule has 1 saturated heterocycles. The summed E-state index contributed by atoms with van der Waals surface area (Å²) in [4.78, 5) is 42.1. The fourth-order valence-electron chi connectivity index (χ4n) is 9.06. The van der Waals surface area contributed by atoms with Crippen LogP contribution in [0.25, 0.3) is 10.4 Å². The molecule has 1 aromatic carbocycles. The summed E-state index contributed by atoms with van der Waals surface area (Å²) in [6, 6.07) is 10.9. The number of carbonyl (C=O) groups is 2. The highest BCUT2D eigenvalue weighted by atomic mass is 32.1. The monoisotopic (exact) mass is 742 g/mol. The summed E-state index contributed by atoms with van der Waals surface area (Å²) in [5, 5.41) is 1.09. The first-order valence-electron chi connectivity index (χ1n) is 19.9. The number of fused-ring (bicyclic) bond motifs is 3. The molecule has 0 spiro atoms. The summed E-state index contributed by atoms with van der Waals surface area (Å²) >= 11 is 1.71. The van der Waals surface area contributed by atoms with Gasteiger partial charge in [0, 0.05) is 36.9 Å². The van der Waals surface area contributed by atoms with Gasteiger partial charge in [-0.1, -0.05) is 39.8 Å². The summed E-state index contributed by atoms with van der Waals surface area (Å²) < 4.78 is 17.2. The number of nitrogens with zero attached hydrogens (tertiary/aromatic N) is 4. The standard InChI is InChI=1S/C43H58N4O5S/c1-7-22-51-34-26-46(27-34)40(49)52-33-11-8-30(9-12-33)38(48)47(37-24-31(14-21-44-37)36-25-45-39(53-36)41(3,4)5)28-42-15-18-43(19-16-42,20-17-42)32-10-13-35(50-6)29(2)23-32/h10,13-14,21,23-25,30,33-34H,7-9,11-12,15-20,22,26-28H2,1-6H3. The molecule has 0 unspecified atom stereocenters. The highest BCUT2D eigenvalue weighted by Gasteiger charge is 2.51. The van der Waals surface area contributed by atoms with Crippen LogP contribution in [-0.4, -0.2) is 72.4 Å². The van der Waals surface area contributed by atoms with E-state index in [4.69, 9.17) is 24.2 Å². The van der Waals surface area contributed by atoms with Crippen LogP contribution < -0.4 is 9.64 Å². The number of hydrogen-bond donors (Lipinski definition) is 0. The number of pyridine rings is 1. The number of carbonyl (C=O) groups excluding carboxylic acids is 2. The van der Waals surface area contributed by atoms with Crippen molar-refractivity contribution in [1.29, 1.82) is 0 Å². The van der Waals surface area contributed by atoms with Crippen LogP contribution in [0.15, 0.2) is 42.7 Å². The average molecular weight is 743 g/mol. The highest BCUT2D eigenvalue weighted by molar-refractivity contribution is 7.15. The first-order chi connectivity index (χ1) is 25.4. The Morgan fingerprint density at radius 2 is 1.68 bits per heavy atom. The van der Waals surface area contributed by atoms with Gasteiger partial charge >= 0.3 is 6.09 Å². The molecular weight excluding hydrogens is 685 g/mol. The molecule has 5 aliphatic rings. The predicted molar refractivity (Wildman–Crippen MR) is 210 cm³/mol. The minimum Gasteiger partial charge on any atom is -0.496 e. The molecule has 2 aromatic heterocycles. The van der Waals surface area contributed by atoms with Gasteiger partial charge in [-0.05, 0) is 123 Å². The number of aromatic nitrogens is 2. The maximum Gasteiger partial charge on any atom is 0.410 e. The molecule has 0 atom stereocenters. The lowest BCUT2D eigenvalue weighted by Crippen LogP contribution is -2.55. The van der Waals surface area contributed by atoms with E-state index in [0.717, 1.165) is 78.6 Å². The SMILES string of the molecule is CCCOC1CN(C(=O)OC2CCC(C(=O)N(CC34CCC(c5ccc(OC)c(C)c5)(CC3)CC4)c3cc(-c4cnc(C(C)(C)C)s4)ccn3)CC2)C1. The lowest BCUT2D eigenvalue weighted by atomic mass is 9.51. The van der Waals surface area contributed by atoms with Crippen LogP contribution in [0.2, 0.25) is 0 Å². The zero-order valence-corrected chi connectivity index (χ0v) is 33.4. The van der Waals surface area contributed by atoms with E-state index >= 15 is 0 Å². The quantitative estimate of drug-likeness (QED) is 0.193. The van der Waals surface area contributed by atoms with Crippen LogP contribution >= 0.6 is 11.3 Å². The molecule has 8 rings (SSSR count). The first-order valence-corrected chi connectivity index (χ1v) is 20.7. The average Bonchev–Trinajstić information content (AvgIpc) is 3.66. The molecule has 4 saturated carbocycles. The zero-order valence-electron chi connectivity index (χ0n) is 32.6. The Morgan fingerprint density at radius 1 is 0.962 bits per heavy atom. The molecule has 9 nitrogen and oxygen atoms in total. The third-order valence-corrected chi connectivity index (χ3v) is 14.0. The molecule has 3 aromatic rings. The van der Waals surface area contributed by atoms with Crippen molar-refractivity contribution in [3.63, 3.8) is 0 Å². The second-order valence-electron chi connectivity index (χ2n) is 17.3. The topological polar surface area (TPSA) is 94.1 Å². The molecule has 286 valence electrons.